The molecule has 0 fully saturated rings. The minimum Gasteiger partial charge on any atom is -0.388 e. The zero-order chi connectivity index (χ0) is 14.3. The number of pyridine rings is 1. The van der Waals surface area contributed by atoms with Gasteiger partial charge in [0.05, 0.1) is 18.8 Å². The number of aromatic nitrogens is 1. The maximum atomic E-state index is 11.7. The van der Waals surface area contributed by atoms with E-state index in [4.69, 9.17) is 22.7 Å². The SMILES string of the molecule is COCCNC(=O)CN(C)c1cccnc1C(N)=S. The number of rotatable bonds is 7. The second kappa shape index (κ2) is 7.65. The normalized spacial score (nSPS) is 10.0. The van der Waals surface area contributed by atoms with Crippen LogP contribution in [0.5, 0.6) is 0 Å². The molecule has 0 aliphatic rings. The number of hydrogen-bond donors (Lipinski definition) is 2. The number of nitrogens with one attached hydrogen (secondary N) is 1. The van der Waals surface area contributed by atoms with Gasteiger partial charge in [-0.3, -0.25) is 9.78 Å². The summed E-state index contributed by atoms with van der Waals surface area (Å²) in [5.41, 5.74) is 6.86. The van der Waals surface area contributed by atoms with E-state index in [2.05, 4.69) is 10.3 Å². The predicted molar refractivity (Wildman–Crippen MR) is 78.3 cm³/mol. The third-order valence-corrected chi connectivity index (χ3v) is 2.63. The largest absolute Gasteiger partial charge is 0.388 e. The molecule has 19 heavy (non-hydrogen) atoms. The van der Waals surface area contributed by atoms with Gasteiger partial charge in [-0.05, 0) is 12.1 Å². The van der Waals surface area contributed by atoms with Crippen molar-refractivity contribution in [3.63, 3.8) is 0 Å². The Bertz CT molecular complexity index is 453. The van der Waals surface area contributed by atoms with Crippen molar-refractivity contribution in [3.05, 3.63) is 24.0 Å². The molecule has 1 rings (SSSR count). The highest BCUT2D eigenvalue weighted by Crippen LogP contribution is 2.16. The molecule has 0 bridgehead atoms. The first kappa shape index (κ1) is 15.3. The number of amides is 1. The highest BCUT2D eigenvalue weighted by molar-refractivity contribution is 7.80. The Morgan fingerprint density at radius 3 is 3.00 bits per heavy atom. The number of methoxy groups -OCH3 is 1. The van der Waals surface area contributed by atoms with Crippen LogP contribution < -0.4 is 16.0 Å². The molecular formula is C12H18N4O2S. The van der Waals surface area contributed by atoms with Gasteiger partial charge in [-0.2, -0.15) is 0 Å². The van der Waals surface area contributed by atoms with E-state index in [-0.39, 0.29) is 17.4 Å². The van der Waals surface area contributed by atoms with Crippen molar-refractivity contribution in [2.75, 3.05) is 38.8 Å². The van der Waals surface area contributed by atoms with Crippen LogP contribution >= 0.6 is 12.2 Å². The van der Waals surface area contributed by atoms with E-state index >= 15 is 0 Å². The second-order valence-corrected chi connectivity index (χ2v) is 4.37. The second-order valence-electron chi connectivity index (χ2n) is 3.93. The Labute approximate surface area is 117 Å². The van der Waals surface area contributed by atoms with Crippen LogP contribution in [0, 0.1) is 0 Å². The van der Waals surface area contributed by atoms with E-state index in [0.29, 0.717) is 18.8 Å². The van der Waals surface area contributed by atoms with Crippen LogP contribution in [0.3, 0.4) is 0 Å². The van der Waals surface area contributed by atoms with Gasteiger partial charge in [0, 0.05) is 26.9 Å². The van der Waals surface area contributed by atoms with Crippen molar-refractivity contribution in [1.82, 2.24) is 10.3 Å². The molecule has 0 aromatic carbocycles. The summed E-state index contributed by atoms with van der Waals surface area (Å²) in [6, 6.07) is 3.60. The van der Waals surface area contributed by atoms with Gasteiger partial charge < -0.3 is 20.7 Å². The number of carbonyl (C=O) groups is 1. The van der Waals surface area contributed by atoms with Gasteiger partial charge in [-0.1, -0.05) is 12.2 Å². The number of anilines is 1. The number of nitrogens with two attached hydrogens (primary N) is 1. The Morgan fingerprint density at radius 1 is 1.63 bits per heavy atom. The molecule has 0 atom stereocenters. The lowest BCUT2D eigenvalue weighted by Crippen LogP contribution is -2.37. The molecular weight excluding hydrogens is 264 g/mol. The average molecular weight is 282 g/mol. The molecule has 0 saturated heterocycles. The quantitative estimate of drug-likeness (QED) is 0.537. The van der Waals surface area contributed by atoms with E-state index in [1.165, 1.54) is 0 Å². The van der Waals surface area contributed by atoms with Crippen LogP contribution in [-0.4, -0.2) is 49.7 Å². The first-order valence-corrected chi connectivity index (χ1v) is 6.18. The molecule has 3 N–H and O–H groups in total. The summed E-state index contributed by atoms with van der Waals surface area (Å²) in [7, 11) is 3.37. The lowest BCUT2D eigenvalue weighted by molar-refractivity contribution is -0.119. The van der Waals surface area contributed by atoms with Crippen LogP contribution in [0.1, 0.15) is 5.69 Å². The summed E-state index contributed by atoms with van der Waals surface area (Å²) < 4.78 is 4.86. The minimum absolute atomic E-state index is 0.0997. The van der Waals surface area contributed by atoms with Gasteiger partial charge in [-0.25, -0.2) is 0 Å². The molecule has 0 aliphatic heterocycles. The standard InChI is InChI=1S/C12H18N4O2S/c1-16(8-10(17)14-6-7-18-2)9-4-3-5-15-11(9)12(13)19/h3-5H,6-8H2,1-2H3,(H2,13,19)(H,14,17). The molecule has 1 aromatic heterocycles. The van der Waals surface area contributed by atoms with Crippen molar-refractivity contribution < 1.29 is 9.53 Å². The predicted octanol–water partition coefficient (Wildman–Crippen LogP) is -0.0854. The van der Waals surface area contributed by atoms with Crippen molar-refractivity contribution in [2.24, 2.45) is 5.73 Å². The number of thiocarbonyl (C=S) groups is 1. The smallest absolute Gasteiger partial charge is 0.239 e. The molecule has 1 heterocycles. The fraction of sp³-hybridized carbons (Fsp3) is 0.417. The minimum atomic E-state index is -0.0997. The molecule has 1 aromatic rings. The van der Waals surface area contributed by atoms with Crippen LogP contribution in [-0.2, 0) is 9.53 Å². The van der Waals surface area contributed by atoms with Crippen molar-refractivity contribution in [3.8, 4) is 0 Å². The molecule has 0 radical (unpaired) electrons. The number of hydrogen-bond acceptors (Lipinski definition) is 5. The lowest BCUT2D eigenvalue weighted by atomic mass is 10.2. The van der Waals surface area contributed by atoms with Crippen LogP contribution in [0.15, 0.2) is 18.3 Å². The lowest BCUT2D eigenvalue weighted by Gasteiger charge is -2.20. The maximum absolute atomic E-state index is 11.7. The number of nitrogens with zero attached hydrogens (tertiary/aromatic N) is 2. The number of ether oxygens (including phenoxy) is 1. The fourth-order valence-electron chi connectivity index (χ4n) is 1.54. The van der Waals surface area contributed by atoms with Crippen LogP contribution in [0.4, 0.5) is 5.69 Å². The van der Waals surface area contributed by atoms with Gasteiger partial charge in [-0.15, -0.1) is 0 Å². The third kappa shape index (κ3) is 4.80. The zero-order valence-electron chi connectivity index (χ0n) is 11.0. The van der Waals surface area contributed by atoms with Crippen molar-refractivity contribution >= 4 is 28.8 Å². The summed E-state index contributed by atoms with van der Waals surface area (Å²) in [4.78, 5) is 17.8. The zero-order valence-corrected chi connectivity index (χ0v) is 11.9. The van der Waals surface area contributed by atoms with Gasteiger partial charge in [0.2, 0.25) is 5.91 Å². The van der Waals surface area contributed by atoms with Crippen LogP contribution in [0.2, 0.25) is 0 Å². The molecule has 0 unspecified atom stereocenters. The van der Waals surface area contributed by atoms with Gasteiger partial charge in [0.25, 0.3) is 0 Å². The molecule has 7 heteroatoms. The Balaban J connectivity index is 2.65. The molecule has 0 saturated carbocycles. The van der Waals surface area contributed by atoms with Crippen molar-refractivity contribution in [1.29, 1.82) is 0 Å². The summed E-state index contributed by atoms with van der Waals surface area (Å²) >= 11 is 4.94. The fourth-order valence-corrected chi connectivity index (χ4v) is 1.70. The number of carbonyl (C=O) groups excluding carboxylic acids is 1. The first-order chi connectivity index (χ1) is 9.06. The number of likely N-dealkylation sites (N-methyl/N-ethyl adjacent to an activating group) is 1. The van der Waals surface area contributed by atoms with Gasteiger partial charge in [0.15, 0.2) is 0 Å². The van der Waals surface area contributed by atoms with Gasteiger partial charge >= 0.3 is 0 Å². The van der Waals surface area contributed by atoms with E-state index in [0.717, 1.165) is 5.69 Å². The van der Waals surface area contributed by atoms with Crippen LogP contribution in [0.25, 0.3) is 0 Å². The topological polar surface area (TPSA) is 80.5 Å². The van der Waals surface area contributed by atoms with E-state index in [1.807, 2.05) is 6.07 Å². The Hall–Kier alpha value is -1.73. The maximum Gasteiger partial charge on any atom is 0.239 e. The molecule has 1 amide bonds. The average Bonchev–Trinajstić information content (AvgIpc) is 2.39. The molecule has 0 spiro atoms. The van der Waals surface area contributed by atoms with E-state index in [9.17, 15) is 4.79 Å². The van der Waals surface area contributed by atoms with Gasteiger partial charge in [0.1, 0.15) is 10.7 Å². The highest BCUT2D eigenvalue weighted by atomic mass is 32.1. The molecule has 0 aliphatic carbocycles. The molecule has 104 valence electrons. The first-order valence-electron chi connectivity index (χ1n) is 5.78. The van der Waals surface area contributed by atoms with Crippen molar-refractivity contribution in [2.45, 2.75) is 0 Å². The monoisotopic (exact) mass is 282 g/mol. The third-order valence-electron chi connectivity index (χ3n) is 2.44. The van der Waals surface area contributed by atoms with E-state index in [1.54, 1.807) is 31.3 Å². The molecule has 6 nitrogen and oxygen atoms in total. The highest BCUT2D eigenvalue weighted by Gasteiger charge is 2.13. The Morgan fingerprint density at radius 2 is 2.37 bits per heavy atom. The summed E-state index contributed by atoms with van der Waals surface area (Å²) in [6.45, 7) is 1.17. The summed E-state index contributed by atoms with van der Waals surface area (Å²) in [5, 5.41) is 2.74. The Kier molecular flexibility index (Phi) is 6.17. The van der Waals surface area contributed by atoms with E-state index < -0.39 is 0 Å². The summed E-state index contributed by atoms with van der Waals surface area (Å²) in [6.07, 6.45) is 1.62. The summed E-state index contributed by atoms with van der Waals surface area (Å²) in [5.74, 6) is -0.0997.